The Morgan fingerprint density at radius 2 is 1.79 bits per heavy atom. The number of hydrogen-bond acceptors (Lipinski definition) is 4. The van der Waals surface area contributed by atoms with Crippen molar-refractivity contribution < 1.29 is 9.32 Å². The zero-order valence-corrected chi connectivity index (χ0v) is 17.6. The van der Waals surface area contributed by atoms with Crippen molar-refractivity contribution >= 4 is 40.7 Å². The molecular weight excluding hydrogens is 421 g/mol. The molecule has 0 spiro atoms. The van der Waals surface area contributed by atoms with Gasteiger partial charge in [0.2, 0.25) is 17.6 Å². The second kappa shape index (κ2) is 8.52. The third kappa shape index (κ3) is 5.04. The molecule has 0 aliphatic heterocycles. The molecule has 1 amide bonds. The van der Waals surface area contributed by atoms with E-state index in [2.05, 4.69) is 15.5 Å². The Hall–Kier alpha value is -2.08. The molecule has 0 atom stereocenters. The second-order valence-electron chi connectivity index (χ2n) is 6.82. The molecule has 0 unspecified atom stereocenters. The highest BCUT2D eigenvalue weighted by atomic mass is 35.5. The monoisotopic (exact) mass is 437 g/mol. The first-order valence-corrected chi connectivity index (χ1v) is 9.73. The molecule has 1 N–H and O–H groups in total. The van der Waals surface area contributed by atoms with Crippen LogP contribution in [0.3, 0.4) is 0 Å². The van der Waals surface area contributed by atoms with Crippen LogP contribution in [0.1, 0.15) is 31.7 Å². The quantitative estimate of drug-likeness (QED) is 0.537. The average Bonchev–Trinajstić information content (AvgIpc) is 3.11. The topological polar surface area (TPSA) is 68.0 Å². The molecule has 0 saturated carbocycles. The van der Waals surface area contributed by atoms with Crippen molar-refractivity contribution in [1.82, 2.24) is 15.5 Å². The van der Waals surface area contributed by atoms with Crippen LogP contribution in [0.25, 0.3) is 11.4 Å². The van der Waals surface area contributed by atoms with E-state index in [0.29, 0.717) is 33.2 Å². The van der Waals surface area contributed by atoms with Crippen LogP contribution in [0.4, 0.5) is 0 Å². The van der Waals surface area contributed by atoms with Gasteiger partial charge in [0.15, 0.2) is 0 Å². The first kappa shape index (κ1) is 20.6. The molecule has 0 bridgehead atoms. The minimum absolute atomic E-state index is 0.137. The molecule has 0 radical (unpaired) electrons. The van der Waals surface area contributed by atoms with Gasteiger partial charge in [-0.3, -0.25) is 4.79 Å². The molecule has 0 aliphatic carbocycles. The summed E-state index contributed by atoms with van der Waals surface area (Å²) in [7, 11) is 0. The van der Waals surface area contributed by atoms with Gasteiger partial charge in [0.05, 0.1) is 15.6 Å². The highest BCUT2D eigenvalue weighted by Crippen LogP contribution is 2.28. The van der Waals surface area contributed by atoms with Crippen molar-refractivity contribution in [3.8, 4) is 11.4 Å². The predicted molar refractivity (Wildman–Crippen MR) is 111 cm³/mol. The number of hydrogen-bond donors (Lipinski definition) is 1. The molecule has 1 heterocycles. The van der Waals surface area contributed by atoms with Crippen LogP contribution in [0.2, 0.25) is 15.1 Å². The fraction of sp³-hybridized carbons (Fsp3) is 0.250. The van der Waals surface area contributed by atoms with Crippen LogP contribution in [-0.4, -0.2) is 16.0 Å². The second-order valence-corrected chi connectivity index (χ2v) is 8.07. The summed E-state index contributed by atoms with van der Waals surface area (Å²) in [5.41, 5.74) is 1.05. The Kier molecular flexibility index (Phi) is 6.28. The fourth-order valence-corrected chi connectivity index (χ4v) is 3.09. The van der Waals surface area contributed by atoms with Gasteiger partial charge >= 0.3 is 0 Å². The van der Waals surface area contributed by atoms with E-state index in [1.807, 2.05) is 32.0 Å². The summed E-state index contributed by atoms with van der Waals surface area (Å²) in [4.78, 5) is 16.7. The minimum atomic E-state index is -0.603. The number of aryl methyl sites for hydroxylation is 1. The molecule has 0 fully saturated rings. The summed E-state index contributed by atoms with van der Waals surface area (Å²) in [6.45, 7) is 3.80. The van der Waals surface area contributed by atoms with E-state index in [0.717, 1.165) is 11.1 Å². The van der Waals surface area contributed by atoms with E-state index in [9.17, 15) is 4.79 Å². The van der Waals surface area contributed by atoms with Gasteiger partial charge in [0.1, 0.15) is 0 Å². The van der Waals surface area contributed by atoms with Crippen LogP contribution in [-0.2, 0) is 16.8 Å². The summed E-state index contributed by atoms with van der Waals surface area (Å²) < 4.78 is 5.24. The average molecular weight is 439 g/mol. The van der Waals surface area contributed by atoms with Gasteiger partial charge in [-0.05, 0) is 55.8 Å². The molecule has 5 nitrogen and oxygen atoms in total. The number of carbonyl (C=O) groups is 1. The number of nitrogens with one attached hydrogen (secondary N) is 1. The molecule has 3 aromatic rings. The molecule has 146 valence electrons. The lowest BCUT2D eigenvalue weighted by molar-refractivity contribution is -0.122. The Balaban J connectivity index is 1.59. The Labute approximate surface area is 178 Å². The molecule has 8 heteroatoms. The number of rotatable bonds is 6. The Morgan fingerprint density at radius 1 is 1.07 bits per heavy atom. The Bertz CT molecular complexity index is 985. The van der Waals surface area contributed by atoms with Gasteiger partial charge in [-0.1, -0.05) is 46.0 Å². The lowest BCUT2D eigenvalue weighted by atomic mass is 9.94. The maximum atomic E-state index is 12.4. The zero-order valence-electron chi connectivity index (χ0n) is 15.3. The predicted octanol–water partition coefficient (Wildman–Crippen LogP) is 5.68. The van der Waals surface area contributed by atoms with Crippen LogP contribution in [0.15, 0.2) is 47.0 Å². The largest absolute Gasteiger partial charge is 0.347 e. The lowest BCUT2D eigenvalue weighted by Gasteiger charge is -2.27. The van der Waals surface area contributed by atoms with Gasteiger partial charge in [-0.25, -0.2) is 0 Å². The molecule has 28 heavy (non-hydrogen) atoms. The van der Waals surface area contributed by atoms with Crippen LogP contribution in [0.5, 0.6) is 0 Å². The van der Waals surface area contributed by atoms with E-state index in [4.69, 9.17) is 39.3 Å². The van der Waals surface area contributed by atoms with Crippen molar-refractivity contribution in [2.45, 2.75) is 32.2 Å². The van der Waals surface area contributed by atoms with Crippen molar-refractivity contribution in [3.63, 3.8) is 0 Å². The number of aromatic nitrogens is 2. The normalized spacial score (nSPS) is 11.5. The highest BCUT2D eigenvalue weighted by molar-refractivity contribution is 6.42. The summed E-state index contributed by atoms with van der Waals surface area (Å²) in [5, 5.41) is 8.49. The SMILES string of the molecule is CC(C)(NC(=O)CCc1nc(-c2ccc(Cl)cc2)no1)c1ccc(Cl)c(Cl)c1. The maximum absolute atomic E-state index is 12.4. The van der Waals surface area contributed by atoms with Crippen molar-refractivity contribution in [3.05, 3.63) is 69.0 Å². The number of halogens is 3. The summed E-state index contributed by atoms with van der Waals surface area (Å²) in [5.74, 6) is 0.720. The van der Waals surface area contributed by atoms with E-state index in [1.165, 1.54) is 0 Å². The smallest absolute Gasteiger partial charge is 0.227 e. The third-order valence-electron chi connectivity index (χ3n) is 4.23. The van der Waals surface area contributed by atoms with E-state index < -0.39 is 5.54 Å². The van der Waals surface area contributed by atoms with E-state index in [-0.39, 0.29) is 12.3 Å². The highest BCUT2D eigenvalue weighted by Gasteiger charge is 2.24. The van der Waals surface area contributed by atoms with Crippen molar-refractivity contribution in [1.29, 1.82) is 0 Å². The minimum Gasteiger partial charge on any atom is -0.347 e. The summed E-state index contributed by atoms with van der Waals surface area (Å²) >= 11 is 17.9. The molecule has 0 aliphatic rings. The van der Waals surface area contributed by atoms with Gasteiger partial charge in [-0.2, -0.15) is 4.98 Å². The number of nitrogens with zero attached hydrogens (tertiary/aromatic N) is 2. The zero-order chi connectivity index (χ0) is 20.3. The fourth-order valence-electron chi connectivity index (χ4n) is 2.66. The Morgan fingerprint density at radius 3 is 2.46 bits per heavy atom. The van der Waals surface area contributed by atoms with Crippen LogP contribution < -0.4 is 5.32 Å². The number of carbonyl (C=O) groups excluding carboxylic acids is 1. The molecule has 0 saturated heterocycles. The van der Waals surface area contributed by atoms with E-state index in [1.54, 1.807) is 24.3 Å². The first-order valence-electron chi connectivity index (χ1n) is 8.60. The van der Waals surface area contributed by atoms with Gasteiger partial charge in [0.25, 0.3) is 0 Å². The van der Waals surface area contributed by atoms with Gasteiger partial charge < -0.3 is 9.84 Å². The van der Waals surface area contributed by atoms with Gasteiger partial charge in [-0.15, -0.1) is 0 Å². The van der Waals surface area contributed by atoms with Crippen molar-refractivity contribution in [2.24, 2.45) is 0 Å². The first-order chi connectivity index (χ1) is 13.2. The van der Waals surface area contributed by atoms with E-state index >= 15 is 0 Å². The van der Waals surface area contributed by atoms with Crippen LogP contribution in [0, 0.1) is 0 Å². The molecule has 2 aromatic carbocycles. The summed E-state index contributed by atoms with van der Waals surface area (Å²) in [6.07, 6.45) is 0.552. The molecule has 1 aromatic heterocycles. The maximum Gasteiger partial charge on any atom is 0.227 e. The van der Waals surface area contributed by atoms with Crippen molar-refractivity contribution in [2.75, 3.05) is 0 Å². The molecular formula is C20H18Cl3N3O2. The standard InChI is InChI=1S/C20H18Cl3N3O2/c1-20(2,13-5-8-15(22)16(23)11-13)25-17(27)9-10-18-24-19(26-28-18)12-3-6-14(21)7-4-12/h3-8,11H,9-10H2,1-2H3,(H,25,27). The summed E-state index contributed by atoms with van der Waals surface area (Å²) in [6, 6.07) is 12.4. The lowest BCUT2D eigenvalue weighted by Crippen LogP contribution is -2.41. The molecule has 3 rings (SSSR count). The van der Waals surface area contributed by atoms with Crippen LogP contribution >= 0.6 is 34.8 Å². The number of amides is 1. The number of benzene rings is 2. The third-order valence-corrected chi connectivity index (χ3v) is 5.22. The van der Waals surface area contributed by atoms with Gasteiger partial charge in [0, 0.05) is 23.4 Å².